The highest BCUT2D eigenvalue weighted by Crippen LogP contribution is 2.31. The van der Waals surface area contributed by atoms with Crippen molar-refractivity contribution in [1.82, 2.24) is 14.5 Å². The van der Waals surface area contributed by atoms with E-state index in [0.717, 1.165) is 35.0 Å². The smallest absolute Gasteiger partial charge is 0.188 e. The molecule has 142 valence electrons. The summed E-state index contributed by atoms with van der Waals surface area (Å²) in [6.45, 7) is 4.43. The van der Waals surface area contributed by atoms with Crippen LogP contribution in [0.4, 0.5) is 10.8 Å². The van der Waals surface area contributed by atoms with E-state index >= 15 is 0 Å². The summed E-state index contributed by atoms with van der Waals surface area (Å²) >= 11 is 1.67. The first kappa shape index (κ1) is 18.4. The average Bonchev–Trinajstić information content (AvgIpc) is 3.32. The number of para-hydroxylation sites is 1. The zero-order valence-corrected chi connectivity index (χ0v) is 17.3. The summed E-state index contributed by atoms with van der Waals surface area (Å²) in [6, 6.07) is 16.8. The second kappa shape index (κ2) is 7.98. The molecule has 2 heterocycles. The molecule has 0 aliphatic carbocycles. The molecule has 0 atom stereocenters. The number of rotatable bonds is 6. The molecule has 4 rings (SSSR count). The molecule has 1 N–H and O–H groups in total. The lowest BCUT2D eigenvalue weighted by Crippen LogP contribution is -2.02. The van der Waals surface area contributed by atoms with Crippen molar-refractivity contribution in [2.75, 3.05) is 5.32 Å². The van der Waals surface area contributed by atoms with Crippen molar-refractivity contribution in [3.05, 3.63) is 77.9 Å². The Labute approximate surface area is 169 Å². The number of aromatic nitrogens is 3. The molecule has 0 unspecified atom stereocenters. The van der Waals surface area contributed by atoms with Crippen LogP contribution >= 0.6 is 11.3 Å². The Kier molecular flexibility index (Phi) is 5.26. The molecule has 4 aromatic rings. The Morgan fingerprint density at radius 2 is 1.79 bits per heavy atom. The minimum absolute atomic E-state index is 0.914. The lowest BCUT2D eigenvalue weighted by atomic mass is 9.95. The van der Waals surface area contributed by atoms with Gasteiger partial charge in [-0.3, -0.25) is 0 Å². The Balaban J connectivity index is 1.65. The molecule has 0 fully saturated rings. The van der Waals surface area contributed by atoms with Crippen LogP contribution < -0.4 is 5.32 Å². The van der Waals surface area contributed by atoms with Gasteiger partial charge in [0.25, 0.3) is 0 Å². The number of fused-ring (bicyclic) bond motifs is 1. The van der Waals surface area contributed by atoms with Gasteiger partial charge < -0.3 is 9.88 Å². The topological polar surface area (TPSA) is 42.7 Å². The number of hydrogen-bond donors (Lipinski definition) is 1. The van der Waals surface area contributed by atoms with E-state index in [2.05, 4.69) is 64.0 Å². The maximum Gasteiger partial charge on any atom is 0.188 e. The minimum Gasteiger partial charge on any atom is -0.334 e. The summed E-state index contributed by atoms with van der Waals surface area (Å²) < 4.78 is 3.28. The Morgan fingerprint density at radius 1 is 1.04 bits per heavy atom. The molecule has 0 radical (unpaired) electrons. The highest BCUT2D eigenvalue weighted by Gasteiger charge is 2.14. The van der Waals surface area contributed by atoms with Crippen LogP contribution in [0, 0.1) is 0 Å². The van der Waals surface area contributed by atoms with Gasteiger partial charge in [-0.05, 0) is 42.7 Å². The lowest BCUT2D eigenvalue weighted by molar-refractivity contribution is 0.880. The maximum absolute atomic E-state index is 4.66. The molecule has 4 nitrogen and oxygen atoms in total. The fourth-order valence-corrected chi connectivity index (χ4v) is 4.36. The molecule has 0 aliphatic rings. The van der Waals surface area contributed by atoms with Crippen LogP contribution in [0.15, 0.2) is 66.5 Å². The normalized spacial score (nSPS) is 11.0. The molecule has 2 aromatic carbocycles. The van der Waals surface area contributed by atoms with Gasteiger partial charge in [0, 0.05) is 30.7 Å². The van der Waals surface area contributed by atoms with Crippen LogP contribution in [0.1, 0.15) is 38.1 Å². The number of allylic oxidation sites excluding steroid dienone is 1. The summed E-state index contributed by atoms with van der Waals surface area (Å²) in [5, 5.41) is 4.35. The van der Waals surface area contributed by atoms with Crippen molar-refractivity contribution in [3.8, 4) is 0 Å². The van der Waals surface area contributed by atoms with Crippen LogP contribution in [0.5, 0.6) is 0 Å². The average molecular weight is 389 g/mol. The van der Waals surface area contributed by atoms with Crippen molar-refractivity contribution in [2.45, 2.75) is 26.7 Å². The van der Waals surface area contributed by atoms with E-state index in [4.69, 9.17) is 0 Å². The molecule has 0 aliphatic heterocycles. The highest BCUT2D eigenvalue weighted by molar-refractivity contribution is 7.22. The number of anilines is 2. The summed E-state index contributed by atoms with van der Waals surface area (Å²) in [5.41, 5.74) is 5.92. The molecular formula is C23H24N4S. The van der Waals surface area contributed by atoms with Crippen LogP contribution in [-0.4, -0.2) is 14.5 Å². The summed E-state index contributed by atoms with van der Waals surface area (Å²) in [6.07, 6.45) is 5.90. The van der Waals surface area contributed by atoms with E-state index in [-0.39, 0.29) is 0 Å². The molecule has 28 heavy (non-hydrogen) atoms. The van der Waals surface area contributed by atoms with Gasteiger partial charge in [0.2, 0.25) is 0 Å². The molecule has 0 bridgehead atoms. The number of nitrogens with zero attached hydrogens (tertiary/aromatic N) is 3. The molecule has 0 saturated heterocycles. The summed E-state index contributed by atoms with van der Waals surface area (Å²) in [7, 11) is 2.05. The number of thiazole rings is 1. The van der Waals surface area contributed by atoms with Crippen molar-refractivity contribution >= 4 is 37.9 Å². The fraction of sp³-hybridized carbons (Fsp3) is 0.217. The van der Waals surface area contributed by atoms with Gasteiger partial charge in [-0.1, -0.05) is 55.0 Å². The minimum atomic E-state index is 0.914. The number of aryl methyl sites for hydroxylation is 1. The first-order valence-electron chi connectivity index (χ1n) is 9.62. The maximum atomic E-state index is 4.66. The van der Waals surface area contributed by atoms with E-state index in [0.29, 0.717) is 0 Å². The van der Waals surface area contributed by atoms with Crippen LogP contribution in [-0.2, 0) is 7.05 Å². The second-order valence-electron chi connectivity index (χ2n) is 6.74. The quantitative estimate of drug-likeness (QED) is 0.416. The van der Waals surface area contributed by atoms with E-state index in [1.165, 1.54) is 21.4 Å². The Bertz CT molecular complexity index is 1080. The van der Waals surface area contributed by atoms with E-state index in [1.54, 1.807) is 11.3 Å². The molecule has 0 spiro atoms. The monoisotopic (exact) mass is 388 g/mol. The third-order valence-corrected chi connectivity index (χ3v) is 5.92. The van der Waals surface area contributed by atoms with Gasteiger partial charge in [-0.25, -0.2) is 9.97 Å². The molecule has 0 saturated carbocycles. The van der Waals surface area contributed by atoms with Crippen LogP contribution in [0.2, 0.25) is 0 Å². The van der Waals surface area contributed by atoms with Gasteiger partial charge in [0.05, 0.1) is 10.2 Å². The van der Waals surface area contributed by atoms with E-state index in [9.17, 15) is 0 Å². The molecule has 0 amide bonds. The number of nitrogens with one attached hydrogen (secondary N) is 1. The van der Waals surface area contributed by atoms with Crippen molar-refractivity contribution in [1.29, 1.82) is 0 Å². The number of hydrogen-bond acceptors (Lipinski definition) is 4. The first-order chi connectivity index (χ1) is 13.7. The Morgan fingerprint density at radius 3 is 2.43 bits per heavy atom. The van der Waals surface area contributed by atoms with Gasteiger partial charge in [0.15, 0.2) is 5.13 Å². The molecule has 5 heteroatoms. The summed E-state index contributed by atoms with van der Waals surface area (Å²) in [5.74, 6) is 1.02. The predicted molar refractivity (Wildman–Crippen MR) is 119 cm³/mol. The first-order valence-corrected chi connectivity index (χ1v) is 10.4. The standard InChI is InChI=1S/C23H24N4S/c1-4-16(5-2)21(22-24-14-15-27(22)3)17-10-12-18(13-11-17)25-23-26-19-8-6-7-9-20(19)28-23/h6-15H,4-5H2,1-3H3,(H,25,26). The van der Waals surface area contributed by atoms with Gasteiger partial charge in [-0.2, -0.15) is 0 Å². The van der Waals surface area contributed by atoms with Crippen LogP contribution in [0.25, 0.3) is 15.8 Å². The molecule has 2 aromatic heterocycles. The third kappa shape index (κ3) is 3.58. The Hall–Kier alpha value is -2.92. The van der Waals surface area contributed by atoms with Gasteiger partial charge >= 0.3 is 0 Å². The fourth-order valence-electron chi connectivity index (χ4n) is 3.47. The summed E-state index contributed by atoms with van der Waals surface area (Å²) in [4.78, 5) is 9.26. The molecular weight excluding hydrogens is 364 g/mol. The van der Waals surface area contributed by atoms with Gasteiger partial charge in [0.1, 0.15) is 5.82 Å². The third-order valence-electron chi connectivity index (χ3n) is 4.97. The predicted octanol–water partition coefficient (Wildman–Crippen LogP) is 6.40. The highest BCUT2D eigenvalue weighted by atomic mass is 32.1. The van der Waals surface area contributed by atoms with E-state index < -0.39 is 0 Å². The van der Waals surface area contributed by atoms with Crippen molar-refractivity contribution in [2.24, 2.45) is 7.05 Å². The zero-order chi connectivity index (χ0) is 19.5. The van der Waals surface area contributed by atoms with Crippen LogP contribution in [0.3, 0.4) is 0 Å². The van der Waals surface area contributed by atoms with Gasteiger partial charge in [-0.15, -0.1) is 0 Å². The number of benzene rings is 2. The van der Waals surface area contributed by atoms with E-state index in [1.807, 2.05) is 37.6 Å². The van der Waals surface area contributed by atoms with Crippen molar-refractivity contribution < 1.29 is 0 Å². The lowest BCUT2D eigenvalue weighted by Gasteiger charge is -2.14. The SMILES string of the molecule is CCC(CC)=C(c1ccc(Nc2nc3ccccc3s2)cc1)c1nccn1C. The second-order valence-corrected chi connectivity index (χ2v) is 7.77. The van der Waals surface area contributed by atoms with Crippen molar-refractivity contribution in [3.63, 3.8) is 0 Å². The zero-order valence-electron chi connectivity index (χ0n) is 16.4. The number of imidazole rings is 1. The largest absolute Gasteiger partial charge is 0.334 e.